The number of rotatable bonds is 11. The van der Waals surface area contributed by atoms with Gasteiger partial charge >= 0.3 is 0 Å². The summed E-state index contributed by atoms with van der Waals surface area (Å²) >= 11 is 0. The lowest BCUT2D eigenvalue weighted by molar-refractivity contribution is -0.134. The average molecular weight is 466 g/mol. The SMILES string of the molecule is CCOc1cc(C(=O)Nc2cccc(OCCCC#N)c2)ccc1OCC(=O)N1CCCCC1. The largest absolute Gasteiger partial charge is 0.493 e. The monoisotopic (exact) mass is 465 g/mol. The first-order chi connectivity index (χ1) is 16.6. The Morgan fingerprint density at radius 3 is 2.62 bits per heavy atom. The molecule has 8 nitrogen and oxygen atoms in total. The average Bonchev–Trinajstić information content (AvgIpc) is 2.86. The number of likely N-dealkylation sites (tertiary alicyclic amines) is 1. The summed E-state index contributed by atoms with van der Waals surface area (Å²) in [5.41, 5.74) is 0.992. The Hall–Kier alpha value is -3.73. The van der Waals surface area contributed by atoms with E-state index in [0.29, 0.717) is 54.6 Å². The molecule has 0 unspecified atom stereocenters. The van der Waals surface area contributed by atoms with Crippen molar-refractivity contribution in [1.29, 1.82) is 5.26 Å². The first-order valence-corrected chi connectivity index (χ1v) is 11.7. The third-order valence-electron chi connectivity index (χ3n) is 5.36. The molecular formula is C26H31N3O5. The van der Waals surface area contributed by atoms with Crippen LogP contribution in [0.2, 0.25) is 0 Å². The maximum absolute atomic E-state index is 12.8. The molecular weight excluding hydrogens is 434 g/mol. The van der Waals surface area contributed by atoms with Crippen LogP contribution in [0.25, 0.3) is 0 Å². The zero-order valence-electron chi connectivity index (χ0n) is 19.5. The number of carbonyl (C=O) groups is 2. The highest BCUT2D eigenvalue weighted by atomic mass is 16.5. The summed E-state index contributed by atoms with van der Waals surface area (Å²) in [6.07, 6.45) is 4.28. The lowest BCUT2D eigenvalue weighted by Gasteiger charge is -2.26. The molecule has 2 amide bonds. The van der Waals surface area contributed by atoms with Crippen LogP contribution in [0.5, 0.6) is 17.2 Å². The minimum atomic E-state index is -0.307. The quantitative estimate of drug-likeness (QED) is 0.493. The van der Waals surface area contributed by atoms with Crippen molar-refractivity contribution in [2.24, 2.45) is 0 Å². The smallest absolute Gasteiger partial charge is 0.260 e. The fraction of sp³-hybridized carbons (Fsp3) is 0.423. The van der Waals surface area contributed by atoms with Gasteiger partial charge in [0.15, 0.2) is 18.1 Å². The Kier molecular flexibility index (Phi) is 9.59. The molecule has 34 heavy (non-hydrogen) atoms. The van der Waals surface area contributed by atoms with Crippen molar-refractivity contribution in [3.8, 4) is 23.3 Å². The molecule has 0 aliphatic carbocycles. The van der Waals surface area contributed by atoms with Crippen molar-refractivity contribution in [3.05, 3.63) is 48.0 Å². The number of nitrogens with one attached hydrogen (secondary N) is 1. The maximum atomic E-state index is 12.8. The predicted octanol–water partition coefficient (Wildman–Crippen LogP) is 4.41. The van der Waals surface area contributed by atoms with Gasteiger partial charge in [-0.1, -0.05) is 6.07 Å². The van der Waals surface area contributed by atoms with Crippen molar-refractivity contribution in [3.63, 3.8) is 0 Å². The molecule has 0 bridgehead atoms. The van der Waals surface area contributed by atoms with Crippen molar-refractivity contribution in [2.45, 2.75) is 39.0 Å². The van der Waals surface area contributed by atoms with E-state index in [9.17, 15) is 9.59 Å². The van der Waals surface area contributed by atoms with Crippen LogP contribution >= 0.6 is 0 Å². The number of nitriles is 1. The number of amides is 2. The van der Waals surface area contributed by atoms with E-state index >= 15 is 0 Å². The number of piperidine rings is 1. The van der Waals surface area contributed by atoms with Gasteiger partial charge < -0.3 is 24.4 Å². The second kappa shape index (κ2) is 13.1. The highest BCUT2D eigenvalue weighted by Gasteiger charge is 2.18. The van der Waals surface area contributed by atoms with E-state index in [1.54, 1.807) is 42.5 Å². The van der Waals surface area contributed by atoms with E-state index in [4.69, 9.17) is 19.5 Å². The van der Waals surface area contributed by atoms with Crippen molar-refractivity contribution >= 4 is 17.5 Å². The summed E-state index contributed by atoms with van der Waals surface area (Å²) in [7, 11) is 0. The van der Waals surface area contributed by atoms with Crippen LogP contribution in [0.15, 0.2) is 42.5 Å². The van der Waals surface area contributed by atoms with Crippen LogP contribution in [0.3, 0.4) is 0 Å². The summed E-state index contributed by atoms with van der Waals surface area (Å²) in [4.78, 5) is 27.1. The third kappa shape index (κ3) is 7.41. The van der Waals surface area contributed by atoms with Crippen molar-refractivity contribution in [1.82, 2.24) is 4.90 Å². The molecule has 2 aromatic carbocycles. The van der Waals surface area contributed by atoms with Gasteiger partial charge in [0.25, 0.3) is 11.8 Å². The summed E-state index contributed by atoms with van der Waals surface area (Å²) in [6, 6.07) is 14.1. The molecule has 0 spiro atoms. The Labute approximate surface area is 200 Å². The lowest BCUT2D eigenvalue weighted by Crippen LogP contribution is -2.38. The Morgan fingerprint density at radius 1 is 1.03 bits per heavy atom. The van der Waals surface area contributed by atoms with Gasteiger partial charge in [0, 0.05) is 36.8 Å². The molecule has 1 heterocycles. The number of carbonyl (C=O) groups excluding carboxylic acids is 2. The summed E-state index contributed by atoms with van der Waals surface area (Å²) in [5, 5.41) is 11.5. The highest BCUT2D eigenvalue weighted by Crippen LogP contribution is 2.29. The summed E-state index contributed by atoms with van der Waals surface area (Å²) in [5.74, 6) is 1.11. The van der Waals surface area contributed by atoms with E-state index < -0.39 is 0 Å². The van der Waals surface area contributed by atoms with Gasteiger partial charge in [0.05, 0.1) is 19.3 Å². The van der Waals surface area contributed by atoms with Gasteiger partial charge in [-0.2, -0.15) is 5.26 Å². The second-order valence-electron chi connectivity index (χ2n) is 7.92. The summed E-state index contributed by atoms with van der Waals surface area (Å²) in [6.45, 7) is 4.15. The molecule has 1 N–H and O–H groups in total. The Bertz CT molecular complexity index is 1010. The molecule has 1 fully saturated rings. The van der Waals surface area contributed by atoms with Gasteiger partial charge in [0.1, 0.15) is 5.75 Å². The molecule has 2 aromatic rings. The van der Waals surface area contributed by atoms with Gasteiger partial charge in [-0.15, -0.1) is 0 Å². The normalized spacial score (nSPS) is 13.0. The van der Waals surface area contributed by atoms with Crippen molar-refractivity contribution < 1.29 is 23.8 Å². The van der Waals surface area contributed by atoms with E-state index in [-0.39, 0.29) is 18.4 Å². The number of anilines is 1. The molecule has 0 saturated carbocycles. The third-order valence-corrected chi connectivity index (χ3v) is 5.36. The fourth-order valence-corrected chi connectivity index (χ4v) is 3.62. The molecule has 1 aliphatic rings. The van der Waals surface area contributed by atoms with E-state index in [2.05, 4.69) is 11.4 Å². The van der Waals surface area contributed by atoms with Gasteiger partial charge in [-0.05, 0) is 62.9 Å². The molecule has 1 saturated heterocycles. The van der Waals surface area contributed by atoms with Crippen molar-refractivity contribution in [2.75, 3.05) is 38.2 Å². The number of hydrogen-bond acceptors (Lipinski definition) is 6. The van der Waals surface area contributed by atoms with E-state index in [1.165, 1.54) is 0 Å². The Morgan fingerprint density at radius 2 is 1.85 bits per heavy atom. The molecule has 180 valence electrons. The molecule has 1 aliphatic heterocycles. The first kappa shape index (κ1) is 24.9. The molecule has 0 atom stereocenters. The number of unbranched alkanes of at least 4 members (excludes halogenated alkanes) is 1. The molecule has 8 heteroatoms. The van der Waals surface area contributed by atoms with E-state index in [0.717, 1.165) is 32.4 Å². The van der Waals surface area contributed by atoms with Gasteiger partial charge in [0.2, 0.25) is 0 Å². The highest BCUT2D eigenvalue weighted by molar-refractivity contribution is 6.04. The first-order valence-electron chi connectivity index (χ1n) is 11.7. The second-order valence-corrected chi connectivity index (χ2v) is 7.92. The molecule has 0 radical (unpaired) electrons. The maximum Gasteiger partial charge on any atom is 0.260 e. The zero-order chi connectivity index (χ0) is 24.2. The zero-order valence-corrected chi connectivity index (χ0v) is 19.5. The van der Waals surface area contributed by atoms with Crippen LogP contribution in [-0.4, -0.2) is 49.6 Å². The van der Waals surface area contributed by atoms with Gasteiger partial charge in [-0.3, -0.25) is 9.59 Å². The lowest BCUT2D eigenvalue weighted by atomic mass is 10.1. The standard InChI is InChI=1S/C26H31N3O5/c1-2-32-24-17-20(11-12-23(24)34-19-25(30)29-14-5-3-6-15-29)26(31)28-21-9-8-10-22(18-21)33-16-7-4-13-27/h8-12,17-18H,2-7,14-16,19H2,1H3,(H,28,31). The summed E-state index contributed by atoms with van der Waals surface area (Å²) < 4.78 is 17.0. The number of ether oxygens (including phenoxy) is 3. The Balaban J connectivity index is 1.61. The number of benzene rings is 2. The number of hydrogen-bond donors (Lipinski definition) is 1. The van der Waals surface area contributed by atoms with Crippen LogP contribution in [-0.2, 0) is 4.79 Å². The minimum absolute atomic E-state index is 0.0429. The topological polar surface area (TPSA) is 101 Å². The van der Waals surface area contributed by atoms with Crippen LogP contribution in [0.4, 0.5) is 5.69 Å². The van der Waals surface area contributed by atoms with Crippen LogP contribution in [0.1, 0.15) is 49.4 Å². The van der Waals surface area contributed by atoms with Gasteiger partial charge in [-0.25, -0.2) is 0 Å². The predicted molar refractivity (Wildman–Crippen MR) is 128 cm³/mol. The number of nitrogens with zero attached hydrogens (tertiary/aromatic N) is 2. The van der Waals surface area contributed by atoms with E-state index in [1.807, 2.05) is 11.8 Å². The van der Waals surface area contributed by atoms with Crippen LogP contribution < -0.4 is 19.5 Å². The molecule has 3 rings (SSSR count). The fourth-order valence-electron chi connectivity index (χ4n) is 3.62. The molecule has 0 aromatic heterocycles. The van der Waals surface area contributed by atoms with Crippen LogP contribution in [0, 0.1) is 11.3 Å². The minimum Gasteiger partial charge on any atom is -0.493 e.